The lowest BCUT2D eigenvalue weighted by molar-refractivity contribution is -0.144. The largest absolute Gasteiger partial charge is 0.464 e. The molecule has 12 heteroatoms. The van der Waals surface area contributed by atoms with Crippen molar-refractivity contribution in [3.8, 4) is 0 Å². The molecule has 49 heavy (non-hydrogen) atoms. The van der Waals surface area contributed by atoms with Gasteiger partial charge in [-0.15, -0.1) is 0 Å². The Bertz CT molecular complexity index is 900. The molecule has 0 aromatic heterocycles. The van der Waals surface area contributed by atoms with Crippen LogP contribution in [-0.4, -0.2) is 81.9 Å². The Labute approximate surface area is 295 Å². The van der Waals surface area contributed by atoms with Crippen molar-refractivity contribution in [2.75, 3.05) is 46.4 Å². The van der Waals surface area contributed by atoms with Crippen LogP contribution in [0.3, 0.4) is 0 Å². The van der Waals surface area contributed by atoms with Crippen LogP contribution in [0.5, 0.6) is 0 Å². The van der Waals surface area contributed by atoms with Gasteiger partial charge in [0.05, 0.1) is 13.2 Å². The number of ether oxygens (including phenoxy) is 2. The van der Waals surface area contributed by atoms with Crippen LogP contribution in [-0.2, 0) is 38.2 Å². The normalized spacial score (nSPS) is 10.7. The zero-order valence-corrected chi connectivity index (χ0v) is 30.8. The molecule has 0 radical (unpaired) electrons. The molecule has 0 aliphatic rings. The fourth-order valence-electron chi connectivity index (χ4n) is 5.11. The number of rotatable bonds is 35. The Morgan fingerprint density at radius 1 is 0.408 bits per heavy atom. The Hall–Kier alpha value is -3.02. The van der Waals surface area contributed by atoms with E-state index in [1.54, 1.807) is 6.92 Å². The van der Waals surface area contributed by atoms with Gasteiger partial charge in [0.2, 0.25) is 17.7 Å². The summed E-state index contributed by atoms with van der Waals surface area (Å²) in [7, 11) is 1.95. The molecule has 0 aromatic rings. The second-order valence-electron chi connectivity index (χ2n) is 12.9. The maximum atomic E-state index is 12.0. The molecule has 0 saturated carbocycles. The third-order valence-electron chi connectivity index (χ3n) is 8.09. The van der Waals surface area contributed by atoms with Gasteiger partial charge in [-0.25, -0.2) is 0 Å². The van der Waals surface area contributed by atoms with Crippen molar-refractivity contribution in [2.45, 2.75) is 155 Å². The van der Waals surface area contributed by atoms with Gasteiger partial charge in [-0.1, -0.05) is 57.8 Å². The van der Waals surface area contributed by atoms with Crippen LogP contribution in [0, 0.1) is 0 Å². The summed E-state index contributed by atoms with van der Waals surface area (Å²) in [4.78, 5) is 70.3. The molecule has 0 saturated heterocycles. The van der Waals surface area contributed by atoms with E-state index in [-0.39, 0.29) is 49.8 Å². The number of Topliss-reactive ketones (excluding diaryl/α,β-unsaturated/α-hetero) is 1. The molecule has 4 N–H and O–H groups in total. The predicted octanol–water partition coefficient (Wildman–Crippen LogP) is 5.20. The first-order chi connectivity index (χ1) is 23.7. The van der Waals surface area contributed by atoms with Gasteiger partial charge in [0, 0.05) is 32.2 Å². The summed E-state index contributed by atoms with van der Waals surface area (Å²) in [5, 5.41) is 11.3. The molecule has 0 aromatic carbocycles. The van der Waals surface area contributed by atoms with Crippen LogP contribution in [0.15, 0.2) is 0 Å². The fraction of sp³-hybridized carbons (Fsp3) is 0.838. The second kappa shape index (κ2) is 34.8. The SMILES string of the molecule is CNCCCCCNC(=O)CCCCCCCCC(=O)NCC(=O)OCCCCCCOC(=O)CNC(=O)CCCCCCCCC(C)=O. The number of hydrogen-bond donors (Lipinski definition) is 4. The molecule has 284 valence electrons. The number of carbonyl (C=O) groups excluding carboxylic acids is 6. The van der Waals surface area contributed by atoms with Gasteiger partial charge in [-0.05, 0) is 84.7 Å². The van der Waals surface area contributed by atoms with Gasteiger partial charge in [0.15, 0.2) is 0 Å². The van der Waals surface area contributed by atoms with E-state index >= 15 is 0 Å². The van der Waals surface area contributed by atoms with Gasteiger partial charge < -0.3 is 35.5 Å². The number of hydrogen-bond acceptors (Lipinski definition) is 9. The molecule has 0 heterocycles. The van der Waals surface area contributed by atoms with E-state index in [2.05, 4.69) is 21.3 Å². The Morgan fingerprint density at radius 2 is 0.755 bits per heavy atom. The van der Waals surface area contributed by atoms with Crippen molar-refractivity contribution in [1.82, 2.24) is 21.3 Å². The molecule has 0 fully saturated rings. The highest BCUT2D eigenvalue weighted by atomic mass is 16.5. The number of amides is 3. The van der Waals surface area contributed by atoms with Crippen molar-refractivity contribution in [3.63, 3.8) is 0 Å². The van der Waals surface area contributed by atoms with Crippen molar-refractivity contribution < 1.29 is 38.2 Å². The fourth-order valence-corrected chi connectivity index (χ4v) is 5.11. The molecule has 0 rings (SSSR count). The second-order valence-corrected chi connectivity index (χ2v) is 12.9. The number of esters is 2. The van der Waals surface area contributed by atoms with Gasteiger partial charge in [0.25, 0.3) is 0 Å². The van der Waals surface area contributed by atoms with Gasteiger partial charge >= 0.3 is 11.9 Å². The Balaban J connectivity index is 3.48. The highest BCUT2D eigenvalue weighted by Gasteiger charge is 2.08. The smallest absolute Gasteiger partial charge is 0.325 e. The summed E-state index contributed by atoms with van der Waals surface area (Å²) in [6, 6.07) is 0. The summed E-state index contributed by atoms with van der Waals surface area (Å²) in [5.41, 5.74) is 0. The first-order valence-corrected chi connectivity index (χ1v) is 19.0. The van der Waals surface area contributed by atoms with E-state index in [1.165, 1.54) is 0 Å². The molecule has 0 aliphatic carbocycles. The van der Waals surface area contributed by atoms with Crippen molar-refractivity contribution in [1.29, 1.82) is 0 Å². The van der Waals surface area contributed by atoms with Gasteiger partial charge in [-0.3, -0.25) is 24.0 Å². The van der Waals surface area contributed by atoms with E-state index in [9.17, 15) is 28.8 Å². The standard InChI is InChI=1S/C37H68N4O8/c1-32(42)22-14-7-3-4-9-16-24-34(44)40-30-36(46)48-28-20-11-12-21-29-49-37(47)31-41-35(45)25-17-10-6-5-8-15-23-33(43)39-27-19-13-18-26-38-2/h38H,3-31H2,1-2H3,(H,39,43)(H,40,44)(H,41,45). The van der Waals surface area contributed by atoms with Crippen molar-refractivity contribution in [3.05, 3.63) is 0 Å². The summed E-state index contributed by atoms with van der Waals surface area (Å²) >= 11 is 0. The minimum Gasteiger partial charge on any atom is -0.464 e. The number of nitrogens with one attached hydrogen (secondary N) is 4. The van der Waals surface area contributed by atoms with Crippen LogP contribution >= 0.6 is 0 Å². The van der Waals surface area contributed by atoms with Crippen LogP contribution in [0.2, 0.25) is 0 Å². The van der Waals surface area contributed by atoms with E-state index in [1.807, 2.05) is 7.05 Å². The highest BCUT2D eigenvalue weighted by Crippen LogP contribution is 2.10. The minimum atomic E-state index is -0.455. The average Bonchev–Trinajstić information content (AvgIpc) is 3.07. The molecule has 0 atom stereocenters. The molecule has 12 nitrogen and oxygen atoms in total. The Morgan fingerprint density at radius 3 is 1.18 bits per heavy atom. The maximum Gasteiger partial charge on any atom is 0.325 e. The minimum absolute atomic E-state index is 0.128. The topological polar surface area (TPSA) is 169 Å². The zero-order chi connectivity index (χ0) is 36.2. The average molecular weight is 697 g/mol. The van der Waals surface area contributed by atoms with Crippen LogP contribution in [0.4, 0.5) is 0 Å². The Kier molecular flexibility index (Phi) is 32.7. The van der Waals surface area contributed by atoms with Crippen molar-refractivity contribution >= 4 is 35.4 Å². The highest BCUT2D eigenvalue weighted by molar-refractivity contribution is 5.82. The van der Waals surface area contributed by atoms with Crippen LogP contribution in [0.25, 0.3) is 0 Å². The lowest BCUT2D eigenvalue weighted by Crippen LogP contribution is -2.30. The van der Waals surface area contributed by atoms with E-state index < -0.39 is 11.9 Å². The number of unbranched alkanes of at least 4 members (excludes halogenated alkanes) is 15. The molecule has 0 unspecified atom stereocenters. The third-order valence-corrected chi connectivity index (χ3v) is 8.09. The zero-order valence-electron chi connectivity index (χ0n) is 30.8. The van der Waals surface area contributed by atoms with E-state index in [4.69, 9.17) is 9.47 Å². The lowest BCUT2D eigenvalue weighted by atomic mass is 10.1. The molecular formula is C37H68N4O8. The first-order valence-electron chi connectivity index (χ1n) is 19.0. The number of ketones is 1. The maximum absolute atomic E-state index is 12.0. The number of carbonyl (C=O) groups is 6. The van der Waals surface area contributed by atoms with Crippen LogP contribution in [0.1, 0.15) is 155 Å². The van der Waals surface area contributed by atoms with Gasteiger partial charge in [-0.2, -0.15) is 0 Å². The summed E-state index contributed by atoms with van der Waals surface area (Å²) < 4.78 is 10.3. The molecule has 3 amide bonds. The lowest BCUT2D eigenvalue weighted by Gasteiger charge is -2.08. The molecular weight excluding hydrogens is 628 g/mol. The van der Waals surface area contributed by atoms with E-state index in [0.717, 1.165) is 122 Å². The van der Waals surface area contributed by atoms with Crippen LogP contribution < -0.4 is 21.3 Å². The summed E-state index contributed by atoms with van der Waals surface area (Å²) in [6.45, 7) is 3.68. The predicted molar refractivity (Wildman–Crippen MR) is 192 cm³/mol. The monoisotopic (exact) mass is 697 g/mol. The van der Waals surface area contributed by atoms with Crippen molar-refractivity contribution in [2.24, 2.45) is 0 Å². The first kappa shape index (κ1) is 46.0. The summed E-state index contributed by atoms with van der Waals surface area (Å²) in [5.74, 6) is -0.853. The third kappa shape index (κ3) is 36.1. The molecule has 0 aliphatic heterocycles. The molecule has 0 spiro atoms. The van der Waals surface area contributed by atoms with Gasteiger partial charge in [0.1, 0.15) is 18.9 Å². The molecule has 0 bridgehead atoms. The van der Waals surface area contributed by atoms with E-state index in [0.29, 0.717) is 38.5 Å². The summed E-state index contributed by atoms with van der Waals surface area (Å²) in [6.07, 6.45) is 19.8. The quantitative estimate of drug-likeness (QED) is 0.0514.